The maximum absolute atomic E-state index is 12.7. The molecule has 1 fully saturated rings. The predicted octanol–water partition coefficient (Wildman–Crippen LogP) is 3.66. The molecule has 1 aliphatic heterocycles. The molecule has 1 aliphatic rings. The first kappa shape index (κ1) is 28.1. The van der Waals surface area contributed by atoms with Gasteiger partial charge in [-0.05, 0) is 43.2 Å². The molecule has 2 aromatic rings. The molecule has 2 amide bonds. The van der Waals surface area contributed by atoms with Crippen LogP contribution in [0.3, 0.4) is 0 Å². The van der Waals surface area contributed by atoms with Gasteiger partial charge in [-0.1, -0.05) is 12.1 Å². The number of nitrogens with one attached hydrogen (secondary N) is 3. The van der Waals surface area contributed by atoms with Crippen LogP contribution in [0.15, 0.2) is 36.4 Å². The number of hydrogen-bond acceptors (Lipinski definition) is 6. The van der Waals surface area contributed by atoms with Crippen molar-refractivity contribution in [3.63, 3.8) is 0 Å². The molecule has 0 bridgehead atoms. The van der Waals surface area contributed by atoms with Crippen LogP contribution < -0.4 is 25.0 Å². The molecule has 0 saturated carbocycles. The number of benzene rings is 2. The number of rotatable bonds is 9. The van der Waals surface area contributed by atoms with Gasteiger partial charge in [-0.25, -0.2) is 4.79 Å². The van der Waals surface area contributed by atoms with Gasteiger partial charge >= 0.3 is 12.2 Å². The van der Waals surface area contributed by atoms with Gasteiger partial charge in [-0.3, -0.25) is 10.3 Å². The van der Waals surface area contributed by atoms with E-state index in [1.165, 1.54) is 12.0 Å². The summed E-state index contributed by atoms with van der Waals surface area (Å²) in [6.07, 6.45) is -3.73. The minimum atomic E-state index is -4.19. The number of anilines is 1. The first-order valence-corrected chi connectivity index (χ1v) is 12.0. The van der Waals surface area contributed by atoms with Gasteiger partial charge in [0.05, 0.1) is 26.5 Å². The van der Waals surface area contributed by atoms with E-state index in [1.54, 1.807) is 20.2 Å². The molecule has 1 heterocycles. The van der Waals surface area contributed by atoms with Crippen molar-refractivity contribution in [2.75, 3.05) is 58.9 Å². The average Bonchev–Trinajstić information content (AvgIpc) is 2.87. The van der Waals surface area contributed by atoms with E-state index >= 15 is 0 Å². The largest absolute Gasteiger partial charge is 0.493 e. The van der Waals surface area contributed by atoms with Crippen LogP contribution in [-0.2, 0) is 6.42 Å². The molecule has 0 radical (unpaired) electrons. The number of carbonyl (C=O) groups excluding carboxylic acids is 1. The van der Waals surface area contributed by atoms with Crippen LogP contribution in [0, 0.1) is 5.41 Å². The van der Waals surface area contributed by atoms with Gasteiger partial charge in [-0.2, -0.15) is 13.2 Å². The van der Waals surface area contributed by atoms with Crippen LogP contribution in [0.25, 0.3) is 0 Å². The van der Waals surface area contributed by atoms with E-state index in [2.05, 4.69) is 10.6 Å². The smallest absolute Gasteiger partial charge is 0.401 e. The summed E-state index contributed by atoms with van der Waals surface area (Å²) in [6, 6.07) is 10.5. The fourth-order valence-electron chi connectivity index (χ4n) is 4.41. The van der Waals surface area contributed by atoms with Crippen LogP contribution in [0.4, 0.5) is 23.7 Å². The Morgan fingerprint density at radius 3 is 2.19 bits per heavy atom. The molecular weight excluding hydrogens is 487 g/mol. The molecule has 8 nitrogen and oxygen atoms in total. The molecule has 1 saturated heterocycles. The Bertz CT molecular complexity index is 1080. The number of halogens is 3. The first-order chi connectivity index (χ1) is 17.5. The third-order valence-corrected chi connectivity index (χ3v) is 6.31. The minimum Gasteiger partial charge on any atom is -0.493 e. The number of ether oxygens (including phenoxy) is 2. The molecular formula is C26H34F3N5O3. The van der Waals surface area contributed by atoms with Crippen LogP contribution in [0.5, 0.6) is 11.5 Å². The van der Waals surface area contributed by atoms with E-state index < -0.39 is 12.7 Å². The average molecular weight is 522 g/mol. The van der Waals surface area contributed by atoms with Crippen molar-refractivity contribution < 1.29 is 27.4 Å². The van der Waals surface area contributed by atoms with Gasteiger partial charge in [-0.15, -0.1) is 0 Å². The molecule has 37 heavy (non-hydrogen) atoms. The number of nitrogens with zero attached hydrogens (tertiary/aromatic N) is 2. The summed E-state index contributed by atoms with van der Waals surface area (Å²) in [5.41, 5.74) is 3.33. The highest BCUT2D eigenvalue weighted by Crippen LogP contribution is 2.33. The van der Waals surface area contributed by atoms with E-state index in [-0.39, 0.29) is 17.8 Å². The third-order valence-electron chi connectivity index (χ3n) is 6.31. The zero-order valence-corrected chi connectivity index (χ0v) is 21.5. The van der Waals surface area contributed by atoms with E-state index in [9.17, 15) is 18.0 Å². The van der Waals surface area contributed by atoms with Crippen molar-refractivity contribution in [1.82, 2.24) is 15.5 Å². The van der Waals surface area contributed by atoms with Gasteiger partial charge in [0.25, 0.3) is 0 Å². The number of piperazine rings is 1. The number of amides is 2. The SMILES string of the molecule is CNC(=O)NC(C)Cc1cc(OC)c(OC)cc1C(=N)c1ccc(N2CCN(CC(F)(F)F)CC2)cc1. The Hall–Kier alpha value is -3.47. The highest BCUT2D eigenvalue weighted by atomic mass is 19.4. The summed E-state index contributed by atoms with van der Waals surface area (Å²) < 4.78 is 48.9. The zero-order chi connectivity index (χ0) is 27.2. The molecule has 1 unspecified atom stereocenters. The lowest BCUT2D eigenvalue weighted by molar-refractivity contribution is -0.146. The summed E-state index contributed by atoms with van der Waals surface area (Å²) in [4.78, 5) is 15.2. The predicted molar refractivity (Wildman–Crippen MR) is 137 cm³/mol. The quantitative estimate of drug-likeness (QED) is 0.439. The van der Waals surface area contributed by atoms with Crippen LogP contribution in [-0.4, -0.2) is 82.9 Å². The van der Waals surface area contributed by atoms with Crippen LogP contribution >= 0.6 is 0 Å². The van der Waals surface area contributed by atoms with Crippen molar-refractivity contribution >= 4 is 17.4 Å². The third kappa shape index (κ3) is 7.51. The van der Waals surface area contributed by atoms with Crippen molar-refractivity contribution in [3.8, 4) is 11.5 Å². The second-order valence-corrected chi connectivity index (χ2v) is 8.99. The van der Waals surface area contributed by atoms with Gasteiger partial charge in [0.2, 0.25) is 0 Å². The monoisotopic (exact) mass is 521 g/mol. The normalized spacial score (nSPS) is 15.2. The maximum Gasteiger partial charge on any atom is 0.401 e. The molecule has 0 aromatic heterocycles. The second-order valence-electron chi connectivity index (χ2n) is 8.99. The fourth-order valence-corrected chi connectivity index (χ4v) is 4.41. The fraction of sp³-hybridized carbons (Fsp3) is 0.462. The maximum atomic E-state index is 12.7. The summed E-state index contributed by atoms with van der Waals surface area (Å²) in [7, 11) is 4.62. The minimum absolute atomic E-state index is 0.206. The van der Waals surface area contributed by atoms with E-state index in [1.807, 2.05) is 42.2 Å². The molecule has 3 rings (SSSR count). The van der Waals surface area contributed by atoms with Gasteiger partial charge in [0, 0.05) is 56.1 Å². The topological polar surface area (TPSA) is 89.9 Å². The Labute approximate surface area is 215 Å². The molecule has 3 N–H and O–H groups in total. The lowest BCUT2D eigenvalue weighted by Crippen LogP contribution is -2.49. The summed E-state index contributed by atoms with van der Waals surface area (Å²) in [5.74, 6) is 1.02. The Kier molecular flexibility index (Phi) is 9.25. The summed E-state index contributed by atoms with van der Waals surface area (Å²) in [6.45, 7) is 2.68. The van der Waals surface area contributed by atoms with Crippen molar-refractivity contribution in [3.05, 3.63) is 53.1 Å². The number of carbonyl (C=O) groups is 1. The molecule has 11 heteroatoms. The summed E-state index contributed by atoms with van der Waals surface area (Å²) in [5, 5.41) is 14.3. The first-order valence-electron chi connectivity index (χ1n) is 12.0. The molecule has 2 aromatic carbocycles. The second kappa shape index (κ2) is 12.2. The Morgan fingerprint density at radius 2 is 1.65 bits per heavy atom. The zero-order valence-electron chi connectivity index (χ0n) is 21.5. The van der Waals surface area contributed by atoms with Crippen molar-refractivity contribution in [2.24, 2.45) is 0 Å². The number of alkyl halides is 3. The van der Waals surface area contributed by atoms with Crippen molar-refractivity contribution in [1.29, 1.82) is 5.41 Å². The van der Waals surface area contributed by atoms with Gasteiger partial charge < -0.3 is 25.0 Å². The Balaban J connectivity index is 1.79. The number of methoxy groups -OCH3 is 2. The van der Waals surface area contributed by atoms with E-state index in [0.717, 1.165) is 11.3 Å². The number of hydrogen-bond donors (Lipinski definition) is 3. The van der Waals surface area contributed by atoms with Crippen LogP contribution in [0.1, 0.15) is 23.6 Å². The standard InChI is InChI=1S/C26H34F3N5O3/c1-17(32-25(35)31-2)13-19-14-22(36-3)23(37-4)15-21(19)24(30)18-5-7-20(8-6-18)34-11-9-33(10-12-34)16-26(27,28)29/h5-8,14-15,17,30H,9-13,16H2,1-4H3,(H2,31,32,35). The molecule has 0 spiro atoms. The lowest BCUT2D eigenvalue weighted by atomic mass is 9.93. The van der Waals surface area contributed by atoms with Crippen molar-refractivity contribution in [2.45, 2.75) is 25.6 Å². The van der Waals surface area contributed by atoms with Gasteiger partial charge in [0.1, 0.15) is 0 Å². The molecule has 1 atom stereocenters. The summed E-state index contributed by atoms with van der Waals surface area (Å²) >= 11 is 0. The van der Waals surface area contributed by atoms with Crippen LogP contribution in [0.2, 0.25) is 0 Å². The Morgan fingerprint density at radius 1 is 1.05 bits per heavy atom. The molecule has 0 aliphatic carbocycles. The highest BCUT2D eigenvalue weighted by molar-refractivity contribution is 6.12. The van der Waals surface area contributed by atoms with Gasteiger partial charge in [0.15, 0.2) is 11.5 Å². The van der Waals surface area contributed by atoms with E-state index in [0.29, 0.717) is 55.2 Å². The van der Waals surface area contributed by atoms with E-state index in [4.69, 9.17) is 14.9 Å². The lowest BCUT2D eigenvalue weighted by Gasteiger charge is -2.36. The molecule has 202 valence electrons. The highest BCUT2D eigenvalue weighted by Gasteiger charge is 2.32. The number of urea groups is 1.